The zero-order chi connectivity index (χ0) is 15.3. The van der Waals surface area contributed by atoms with Crippen molar-refractivity contribution < 1.29 is 8.42 Å². The van der Waals surface area contributed by atoms with Gasteiger partial charge in [-0.1, -0.05) is 35.0 Å². The van der Waals surface area contributed by atoms with E-state index in [1.54, 1.807) is 24.4 Å². The van der Waals surface area contributed by atoms with Crippen molar-refractivity contribution in [3.05, 3.63) is 58.8 Å². The number of hydrogen-bond donors (Lipinski definition) is 0. The molecule has 0 saturated heterocycles. The van der Waals surface area contributed by atoms with E-state index in [4.69, 9.17) is 0 Å². The predicted octanol–water partition coefficient (Wildman–Crippen LogP) is 3.10. The number of hydrogen-bond acceptors (Lipinski definition) is 3. The summed E-state index contributed by atoms with van der Waals surface area (Å²) < 4.78 is 27.5. The second-order valence-electron chi connectivity index (χ2n) is 4.53. The van der Waals surface area contributed by atoms with Crippen LogP contribution in [0.2, 0.25) is 0 Å². The highest BCUT2D eigenvalue weighted by Gasteiger charge is 2.22. The van der Waals surface area contributed by atoms with E-state index < -0.39 is 10.0 Å². The molecule has 2 rings (SSSR count). The quantitative estimate of drug-likeness (QED) is 0.786. The normalized spacial score (nSPS) is 11.8. The van der Waals surface area contributed by atoms with E-state index in [9.17, 15) is 8.42 Å². The molecule has 0 bridgehead atoms. The summed E-state index contributed by atoms with van der Waals surface area (Å²) in [6, 6.07) is 12.4. The lowest BCUT2D eigenvalue weighted by atomic mass is 10.3. The largest absolute Gasteiger partial charge is 0.261 e. The average molecular weight is 369 g/mol. The molecule has 0 unspecified atom stereocenters. The summed E-state index contributed by atoms with van der Waals surface area (Å²) in [5.74, 6) is 0. The fourth-order valence-electron chi connectivity index (χ4n) is 2.01. The summed E-state index contributed by atoms with van der Waals surface area (Å²) in [6.07, 6.45) is 2.32. The number of halogens is 1. The number of pyridine rings is 1. The molecule has 0 atom stereocenters. The smallest absolute Gasteiger partial charge is 0.243 e. The molecule has 0 aliphatic heterocycles. The van der Waals surface area contributed by atoms with Gasteiger partial charge in [-0.2, -0.15) is 4.31 Å². The van der Waals surface area contributed by atoms with Gasteiger partial charge in [0.05, 0.1) is 4.90 Å². The van der Waals surface area contributed by atoms with E-state index in [0.717, 1.165) is 10.2 Å². The van der Waals surface area contributed by atoms with Gasteiger partial charge in [0, 0.05) is 35.9 Å². The average Bonchev–Trinajstić information content (AvgIpc) is 2.49. The van der Waals surface area contributed by atoms with E-state index in [1.165, 1.54) is 4.31 Å². The van der Waals surface area contributed by atoms with Crippen LogP contribution in [0.25, 0.3) is 0 Å². The lowest BCUT2D eigenvalue weighted by molar-refractivity contribution is 0.429. The second-order valence-corrected chi connectivity index (χ2v) is 7.38. The fourth-order valence-corrected chi connectivity index (χ4v) is 4.06. The number of nitrogens with zero attached hydrogens (tertiary/aromatic N) is 2. The van der Waals surface area contributed by atoms with Crippen molar-refractivity contribution in [2.45, 2.75) is 18.2 Å². The maximum Gasteiger partial charge on any atom is 0.243 e. The Balaban J connectivity index is 2.16. The standard InChI is InChI=1S/C15H17BrN2O2S/c1-2-18(11-9-14-7-3-4-10-17-14)21(19,20)15-8-5-6-13(16)12-15/h3-8,10,12H,2,9,11H2,1H3. The molecule has 112 valence electrons. The Bertz CT molecular complexity index is 690. The third-order valence-electron chi connectivity index (χ3n) is 3.13. The minimum atomic E-state index is -3.47. The van der Waals surface area contributed by atoms with E-state index in [2.05, 4.69) is 20.9 Å². The monoisotopic (exact) mass is 368 g/mol. The van der Waals surface area contributed by atoms with Crippen molar-refractivity contribution in [2.75, 3.05) is 13.1 Å². The molecular weight excluding hydrogens is 352 g/mol. The molecule has 6 heteroatoms. The number of rotatable bonds is 6. The molecule has 0 N–H and O–H groups in total. The van der Waals surface area contributed by atoms with E-state index >= 15 is 0 Å². The van der Waals surface area contributed by atoms with Crippen molar-refractivity contribution >= 4 is 26.0 Å². The molecule has 4 nitrogen and oxygen atoms in total. The summed E-state index contributed by atoms with van der Waals surface area (Å²) in [5, 5.41) is 0. The first-order valence-electron chi connectivity index (χ1n) is 6.69. The lowest BCUT2D eigenvalue weighted by Gasteiger charge is -2.20. The predicted molar refractivity (Wildman–Crippen MR) is 86.5 cm³/mol. The molecule has 0 aliphatic carbocycles. The highest BCUT2D eigenvalue weighted by atomic mass is 79.9. The van der Waals surface area contributed by atoms with Crippen molar-refractivity contribution in [1.29, 1.82) is 0 Å². The summed E-state index contributed by atoms with van der Waals surface area (Å²) in [7, 11) is -3.47. The second kappa shape index (κ2) is 7.15. The van der Waals surface area contributed by atoms with Gasteiger partial charge in [0.2, 0.25) is 10.0 Å². The SMILES string of the molecule is CCN(CCc1ccccn1)S(=O)(=O)c1cccc(Br)c1. The van der Waals surface area contributed by atoms with Gasteiger partial charge in [0.15, 0.2) is 0 Å². The van der Waals surface area contributed by atoms with Gasteiger partial charge >= 0.3 is 0 Å². The van der Waals surface area contributed by atoms with E-state index in [1.807, 2.05) is 31.2 Å². The molecule has 0 fully saturated rings. The summed E-state index contributed by atoms with van der Waals surface area (Å²) in [6.45, 7) is 2.69. The number of aromatic nitrogens is 1. The number of likely N-dealkylation sites (N-methyl/N-ethyl adjacent to an activating group) is 1. The summed E-state index contributed by atoms with van der Waals surface area (Å²) in [4.78, 5) is 4.53. The minimum absolute atomic E-state index is 0.305. The summed E-state index contributed by atoms with van der Waals surface area (Å²) in [5.41, 5.74) is 0.889. The van der Waals surface area contributed by atoms with Gasteiger partial charge in [-0.15, -0.1) is 0 Å². The zero-order valence-corrected chi connectivity index (χ0v) is 14.1. The van der Waals surface area contributed by atoms with Crippen molar-refractivity contribution in [3.63, 3.8) is 0 Å². The Morgan fingerprint density at radius 3 is 2.62 bits per heavy atom. The Kier molecular flexibility index (Phi) is 5.50. The molecule has 1 aromatic carbocycles. The molecule has 21 heavy (non-hydrogen) atoms. The van der Waals surface area contributed by atoms with Crippen molar-refractivity contribution in [2.24, 2.45) is 0 Å². The minimum Gasteiger partial charge on any atom is -0.261 e. The van der Waals surface area contributed by atoms with Gasteiger partial charge in [-0.25, -0.2) is 8.42 Å². The molecule has 0 radical (unpaired) electrons. The molecule has 0 aliphatic rings. The third-order valence-corrected chi connectivity index (χ3v) is 5.59. The van der Waals surface area contributed by atoms with Crippen molar-refractivity contribution in [1.82, 2.24) is 9.29 Å². The Labute approximate surface area is 134 Å². The number of sulfonamides is 1. The molecule has 0 spiro atoms. The van der Waals surface area contributed by atoms with Crippen LogP contribution in [0.5, 0.6) is 0 Å². The van der Waals surface area contributed by atoms with Crippen LogP contribution in [0.4, 0.5) is 0 Å². The highest BCUT2D eigenvalue weighted by Crippen LogP contribution is 2.20. The van der Waals surface area contributed by atoms with Gasteiger partial charge in [0.1, 0.15) is 0 Å². The Hall–Kier alpha value is -1.24. The van der Waals surface area contributed by atoms with Gasteiger partial charge < -0.3 is 0 Å². The highest BCUT2D eigenvalue weighted by molar-refractivity contribution is 9.10. The van der Waals surface area contributed by atoms with Crippen LogP contribution >= 0.6 is 15.9 Å². The molecule has 0 amide bonds. The molecule has 2 aromatic rings. The fraction of sp³-hybridized carbons (Fsp3) is 0.267. The Morgan fingerprint density at radius 2 is 2.00 bits per heavy atom. The number of benzene rings is 1. The van der Waals surface area contributed by atoms with Gasteiger partial charge in [0.25, 0.3) is 0 Å². The maximum atomic E-state index is 12.6. The maximum absolute atomic E-state index is 12.6. The molecule has 1 aromatic heterocycles. The topological polar surface area (TPSA) is 50.3 Å². The van der Waals surface area contributed by atoms with E-state index in [0.29, 0.717) is 24.4 Å². The first-order chi connectivity index (χ1) is 10.0. The lowest BCUT2D eigenvalue weighted by Crippen LogP contribution is -2.32. The van der Waals surface area contributed by atoms with Gasteiger partial charge in [-0.05, 0) is 30.3 Å². The van der Waals surface area contributed by atoms with Crippen LogP contribution < -0.4 is 0 Å². The van der Waals surface area contributed by atoms with Crippen LogP contribution in [-0.4, -0.2) is 30.8 Å². The van der Waals surface area contributed by atoms with Gasteiger partial charge in [-0.3, -0.25) is 4.98 Å². The summed E-state index contributed by atoms with van der Waals surface area (Å²) >= 11 is 3.31. The first kappa shape index (κ1) is 16.1. The molecular formula is C15H17BrN2O2S. The Morgan fingerprint density at radius 1 is 1.19 bits per heavy atom. The van der Waals surface area contributed by atoms with Crippen LogP contribution in [0.1, 0.15) is 12.6 Å². The van der Waals surface area contributed by atoms with Crippen molar-refractivity contribution in [3.8, 4) is 0 Å². The van der Waals surface area contributed by atoms with E-state index in [-0.39, 0.29) is 0 Å². The van der Waals surface area contributed by atoms with Crippen LogP contribution in [-0.2, 0) is 16.4 Å². The van der Waals surface area contributed by atoms with Crippen LogP contribution in [0.3, 0.4) is 0 Å². The first-order valence-corrected chi connectivity index (χ1v) is 8.93. The van der Waals surface area contributed by atoms with Crippen LogP contribution in [0, 0.1) is 0 Å². The van der Waals surface area contributed by atoms with Crippen LogP contribution in [0.15, 0.2) is 58.0 Å². The third kappa shape index (κ3) is 4.12. The molecule has 0 saturated carbocycles. The zero-order valence-electron chi connectivity index (χ0n) is 11.7. The molecule has 1 heterocycles.